The highest BCUT2D eigenvalue weighted by Crippen LogP contribution is 2.47. The van der Waals surface area contributed by atoms with Crippen LogP contribution in [0.3, 0.4) is 0 Å². The van der Waals surface area contributed by atoms with Crippen LogP contribution < -0.4 is 0 Å². The quantitative estimate of drug-likeness (QED) is 0.322. The van der Waals surface area contributed by atoms with Gasteiger partial charge >= 0.3 is 6.18 Å². The van der Waals surface area contributed by atoms with Crippen molar-refractivity contribution in [2.45, 2.75) is 11.8 Å². The van der Waals surface area contributed by atoms with E-state index in [2.05, 4.69) is 10.1 Å². The van der Waals surface area contributed by atoms with Gasteiger partial charge in [-0.2, -0.15) is 22.7 Å². The minimum Gasteiger partial charge on any atom is -0.372 e. The van der Waals surface area contributed by atoms with Gasteiger partial charge in [0.1, 0.15) is 0 Å². The van der Waals surface area contributed by atoms with E-state index in [1.165, 1.54) is 53.6 Å². The average molecular weight is 440 g/mol. The summed E-state index contributed by atoms with van der Waals surface area (Å²) in [5.41, 5.74) is -2.30. The maximum atomic E-state index is 14.4. The van der Waals surface area contributed by atoms with Gasteiger partial charge in [0.15, 0.2) is 0 Å². The Hall–Kier alpha value is -3.72. The molecule has 1 N–H and O–H groups in total. The van der Waals surface area contributed by atoms with Crippen molar-refractivity contribution in [2.75, 3.05) is 0 Å². The van der Waals surface area contributed by atoms with E-state index < -0.39 is 17.7 Å². The van der Waals surface area contributed by atoms with Crippen molar-refractivity contribution in [3.8, 4) is 5.69 Å². The molecule has 9 heteroatoms. The molecule has 162 valence electrons. The van der Waals surface area contributed by atoms with E-state index in [9.17, 15) is 22.7 Å². The Kier molecular flexibility index (Phi) is 4.35. The molecule has 5 nitrogen and oxygen atoms in total. The van der Waals surface area contributed by atoms with E-state index in [-0.39, 0.29) is 11.1 Å². The van der Waals surface area contributed by atoms with Crippen molar-refractivity contribution in [3.63, 3.8) is 0 Å². The number of halogens is 4. The molecule has 0 aliphatic carbocycles. The molecule has 1 unspecified atom stereocenters. The number of fused-ring (bicyclic) bond motifs is 2. The van der Waals surface area contributed by atoms with E-state index in [0.717, 1.165) is 0 Å². The van der Waals surface area contributed by atoms with Gasteiger partial charge in [0, 0.05) is 35.1 Å². The Morgan fingerprint density at radius 3 is 2.44 bits per heavy atom. The van der Waals surface area contributed by atoms with Crippen molar-refractivity contribution >= 4 is 21.8 Å². The largest absolute Gasteiger partial charge is 0.425 e. The molecule has 3 heterocycles. The smallest absolute Gasteiger partial charge is 0.372 e. The third-order valence-corrected chi connectivity index (χ3v) is 5.64. The number of hydrogen-bond donors (Lipinski definition) is 1. The first-order chi connectivity index (χ1) is 15.2. The lowest BCUT2D eigenvalue weighted by Crippen LogP contribution is -2.43. The van der Waals surface area contributed by atoms with E-state index in [0.29, 0.717) is 27.5 Å². The Balaban J connectivity index is 1.71. The van der Waals surface area contributed by atoms with Gasteiger partial charge in [0.05, 0.1) is 23.6 Å². The molecule has 3 aromatic heterocycles. The van der Waals surface area contributed by atoms with Crippen molar-refractivity contribution in [1.82, 2.24) is 19.3 Å². The number of aliphatic hydroxyl groups is 1. The predicted octanol–water partition coefficient (Wildman–Crippen LogP) is 4.85. The zero-order chi connectivity index (χ0) is 22.7. The van der Waals surface area contributed by atoms with Crippen molar-refractivity contribution in [1.29, 1.82) is 0 Å². The summed E-state index contributed by atoms with van der Waals surface area (Å²) in [6, 6.07) is 13.2. The van der Waals surface area contributed by atoms with Gasteiger partial charge in [0.2, 0.25) is 11.5 Å². The van der Waals surface area contributed by atoms with Crippen LogP contribution in [0, 0.1) is 5.95 Å². The molecule has 32 heavy (non-hydrogen) atoms. The lowest BCUT2D eigenvalue weighted by Gasteiger charge is -2.31. The molecule has 0 spiro atoms. The molecule has 0 aliphatic rings. The highest BCUT2D eigenvalue weighted by molar-refractivity contribution is 5.86. The third-order valence-electron chi connectivity index (χ3n) is 5.64. The molecule has 0 saturated heterocycles. The second-order valence-electron chi connectivity index (χ2n) is 7.55. The number of rotatable bonds is 3. The number of benzene rings is 2. The van der Waals surface area contributed by atoms with Gasteiger partial charge in [-0.25, -0.2) is 9.67 Å². The summed E-state index contributed by atoms with van der Waals surface area (Å²) >= 11 is 0. The number of nitrogens with zero attached hydrogens (tertiary/aromatic N) is 4. The van der Waals surface area contributed by atoms with Crippen LogP contribution in [0.1, 0.15) is 11.1 Å². The maximum absolute atomic E-state index is 14.4. The monoisotopic (exact) mass is 440 g/mol. The van der Waals surface area contributed by atoms with Crippen LogP contribution in [-0.4, -0.2) is 30.6 Å². The van der Waals surface area contributed by atoms with Crippen molar-refractivity contribution < 1.29 is 22.7 Å². The molecule has 0 amide bonds. The Morgan fingerprint density at radius 1 is 0.938 bits per heavy atom. The number of pyridine rings is 1. The zero-order valence-electron chi connectivity index (χ0n) is 16.7. The van der Waals surface area contributed by atoms with E-state index in [4.69, 9.17) is 0 Å². The molecule has 5 rings (SSSR count). The first-order valence-corrected chi connectivity index (χ1v) is 9.64. The van der Waals surface area contributed by atoms with Gasteiger partial charge in [-0.05, 0) is 35.9 Å². The minimum absolute atomic E-state index is 0.252. The second-order valence-corrected chi connectivity index (χ2v) is 7.55. The lowest BCUT2D eigenvalue weighted by molar-refractivity contribution is -0.247. The van der Waals surface area contributed by atoms with Gasteiger partial charge in [0.25, 0.3) is 0 Å². The van der Waals surface area contributed by atoms with E-state index >= 15 is 0 Å². The molecule has 2 aromatic carbocycles. The van der Waals surface area contributed by atoms with Gasteiger partial charge in [-0.3, -0.25) is 0 Å². The molecule has 0 aliphatic heterocycles. The van der Waals surface area contributed by atoms with Crippen molar-refractivity contribution in [3.05, 3.63) is 90.3 Å². The topological polar surface area (TPSA) is 55.9 Å². The van der Waals surface area contributed by atoms with Crippen LogP contribution in [0.4, 0.5) is 17.6 Å². The minimum atomic E-state index is -4.98. The lowest BCUT2D eigenvalue weighted by atomic mass is 9.85. The van der Waals surface area contributed by atoms with E-state index in [1.807, 2.05) is 0 Å². The second kappa shape index (κ2) is 6.89. The molecule has 0 fully saturated rings. The molecule has 0 saturated carbocycles. The first kappa shape index (κ1) is 20.2. The van der Waals surface area contributed by atoms with Gasteiger partial charge in [-0.15, -0.1) is 0 Å². The van der Waals surface area contributed by atoms with Gasteiger partial charge in [-0.1, -0.05) is 24.3 Å². The molecule has 0 radical (unpaired) electrons. The van der Waals surface area contributed by atoms with Crippen molar-refractivity contribution in [2.24, 2.45) is 7.05 Å². The summed E-state index contributed by atoms with van der Waals surface area (Å²) in [6.45, 7) is 0. The van der Waals surface area contributed by atoms with Crippen LogP contribution in [0.5, 0.6) is 0 Å². The van der Waals surface area contributed by atoms with Crippen LogP contribution >= 0.6 is 0 Å². The molecule has 1 atom stereocenters. The first-order valence-electron chi connectivity index (χ1n) is 9.64. The summed E-state index contributed by atoms with van der Waals surface area (Å²) in [6.07, 6.45) is -1.02. The fraction of sp³-hybridized carbons (Fsp3) is 0.130. The molecule has 5 aromatic rings. The van der Waals surface area contributed by atoms with Crippen LogP contribution in [0.2, 0.25) is 0 Å². The van der Waals surface area contributed by atoms with E-state index in [1.54, 1.807) is 35.9 Å². The summed E-state index contributed by atoms with van der Waals surface area (Å²) < 4.78 is 59.3. The van der Waals surface area contributed by atoms with Crippen LogP contribution in [0.15, 0.2) is 73.2 Å². The fourth-order valence-electron chi connectivity index (χ4n) is 4.06. The highest BCUT2D eigenvalue weighted by Gasteiger charge is 2.57. The standard InChI is InChI=1S/C23H16F4N4O/c1-30-13-18(17-4-2-3-5-20(17)30)22(32,23(25,26)27)15-6-8-19-14(10-15)11-29-31(19)16-7-9-21(24)28-12-16/h2-13,32H,1H3. The summed E-state index contributed by atoms with van der Waals surface area (Å²) in [7, 11) is 1.63. The number of alkyl halides is 3. The predicted molar refractivity (Wildman–Crippen MR) is 111 cm³/mol. The third kappa shape index (κ3) is 2.89. The summed E-state index contributed by atoms with van der Waals surface area (Å²) in [4.78, 5) is 3.58. The Morgan fingerprint density at radius 2 is 1.72 bits per heavy atom. The van der Waals surface area contributed by atoms with Gasteiger partial charge < -0.3 is 9.67 Å². The highest BCUT2D eigenvalue weighted by atomic mass is 19.4. The molecular weight excluding hydrogens is 424 g/mol. The fourth-order valence-corrected chi connectivity index (χ4v) is 4.06. The number of hydrogen-bond acceptors (Lipinski definition) is 3. The number of para-hydroxylation sites is 1. The number of aromatic nitrogens is 4. The SMILES string of the molecule is Cn1cc(C(O)(c2ccc3c(cnn3-c3ccc(F)nc3)c2)C(F)(F)F)c2ccccc21. The summed E-state index contributed by atoms with van der Waals surface area (Å²) in [5.74, 6) is -0.655. The van der Waals surface area contributed by atoms with Crippen LogP contribution in [-0.2, 0) is 12.6 Å². The number of aryl methyl sites for hydroxylation is 1. The molecular formula is C23H16F4N4O. The Bertz CT molecular complexity index is 1450. The normalized spacial score (nSPS) is 14.2. The summed E-state index contributed by atoms with van der Waals surface area (Å²) in [5, 5.41) is 16.1. The maximum Gasteiger partial charge on any atom is 0.425 e. The Labute approximate surface area is 179 Å². The molecule has 0 bridgehead atoms. The van der Waals surface area contributed by atoms with Crippen LogP contribution in [0.25, 0.3) is 27.5 Å². The average Bonchev–Trinajstić information content (AvgIpc) is 3.34. The zero-order valence-corrected chi connectivity index (χ0v) is 16.7.